The SMILES string of the molecule is CS(=O)(=O)c1cc(NC(=O)c2ccnn2C2CCCC2)cc(C(=O)O)c1. The molecule has 138 valence electrons. The summed E-state index contributed by atoms with van der Waals surface area (Å²) in [5.41, 5.74) is 0.251. The van der Waals surface area contributed by atoms with E-state index in [2.05, 4.69) is 10.4 Å². The van der Waals surface area contributed by atoms with E-state index < -0.39 is 21.7 Å². The summed E-state index contributed by atoms with van der Waals surface area (Å²) in [7, 11) is -3.62. The van der Waals surface area contributed by atoms with Gasteiger partial charge in [-0.25, -0.2) is 13.2 Å². The molecule has 1 aromatic carbocycles. The highest BCUT2D eigenvalue weighted by atomic mass is 32.2. The zero-order valence-electron chi connectivity index (χ0n) is 14.2. The number of amides is 1. The molecule has 0 bridgehead atoms. The fourth-order valence-corrected chi connectivity index (χ4v) is 3.82. The molecule has 0 saturated heterocycles. The van der Waals surface area contributed by atoms with Gasteiger partial charge in [0.15, 0.2) is 9.84 Å². The third-order valence-corrected chi connectivity index (χ3v) is 5.51. The molecule has 0 atom stereocenters. The van der Waals surface area contributed by atoms with Gasteiger partial charge in [-0.2, -0.15) is 5.10 Å². The van der Waals surface area contributed by atoms with Gasteiger partial charge >= 0.3 is 5.97 Å². The van der Waals surface area contributed by atoms with Crippen LogP contribution in [0.15, 0.2) is 35.4 Å². The number of sulfone groups is 1. The van der Waals surface area contributed by atoms with Crippen molar-refractivity contribution in [3.05, 3.63) is 41.7 Å². The highest BCUT2D eigenvalue weighted by molar-refractivity contribution is 7.90. The van der Waals surface area contributed by atoms with Crippen LogP contribution in [0.2, 0.25) is 0 Å². The normalized spacial score (nSPS) is 15.1. The lowest BCUT2D eigenvalue weighted by atomic mass is 10.2. The summed E-state index contributed by atoms with van der Waals surface area (Å²) in [5.74, 6) is -1.74. The maximum Gasteiger partial charge on any atom is 0.335 e. The Hall–Kier alpha value is -2.68. The molecular weight excluding hydrogens is 358 g/mol. The molecule has 2 N–H and O–H groups in total. The zero-order valence-corrected chi connectivity index (χ0v) is 15.0. The van der Waals surface area contributed by atoms with Crippen molar-refractivity contribution in [2.75, 3.05) is 11.6 Å². The summed E-state index contributed by atoms with van der Waals surface area (Å²) < 4.78 is 25.2. The molecule has 26 heavy (non-hydrogen) atoms. The van der Waals surface area contributed by atoms with Crippen LogP contribution in [0, 0.1) is 0 Å². The molecule has 1 saturated carbocycles. The van der Waals surface area contributed by atoms with Gasteiger partial charge in [0.1, 0.15) is 5.69 Å². The third-order valence-electron chi connectivity index (χ3n) is 4.41. The Kier molecular flexibility index (Phi) is 4.82. The number of hydrogen-bond donors (Lipinski definition) is 2. The van der Waals surface area contributed by atoms with Gasteiger partial charge in [-0.05, 0) is 37.1 Å². The van der Waals surface area contributed by atoms with Crippen LogP contribution in [0.5, 0.6) is 0 Å². The second-order valence-electron chi connectivity index (χ2n) is 6.38. The standard InChI is InChI=1S/C17H19N3O5S/c1-26(24,25)14-9-11(17(22)23)8-12(10-14)19-16(21)15-6-7-18-20(15)13-4-2-3-5-13/h6-10,13H,2-5H2,1H3,(H,19,21)(H,22,23). The summed E-state index contributed by atoms with van der Waals surface area (Å²) in [6.07, 6.45) is 6.61. The molecule has 1 fully saturated rings. The van der Waals surface area contributed by atoms with Crippen molar-refractivity contribution in [3.8, 4) is 0 Å². The summed E-state index contributed by atoms with van der Waals surface area (Å²) in [5, 5.41) is 16.0. The quantitative estimate of drug-likeness (QED) is 0.826. The van der Waals surface area contributed by atoms with Gasteiger partial charge in [0, 0.05) is 18.1 Å². The summed E-state index contributed by atoms with van der Waals surface area (Å²) in [4.78, 5) is 23.7. The highest BCUT2D eigenvalue weighted by Gasteiger charge is 2.23. The Morgan fingerprint density at radius 1 is 1.23 bits per heavy atom. The lowest BCUT2D eigenvalue weighted by Crippen LogP contribution is -2.20. The van der Waals surface area contributed by atoms with Gasteiger partial charge in [0.05, 0.1) is 16.5 Å². The largest absolute Gasteiger partial charge is 0.478 e. The Balaban J connectivity index is 1.91. The Bertz CT molecular complexity index is 959. The fraction of sp³-hybridized carbons (Fsp3) is 0.353. The van der Waals surface area contributed by atoms with Gasteiger partial charge in [-0.15, -0.1) is 0 Å². The number of anilines is 1. The number of carboxylic acids is 1. The number of aromatic carboxylic acids is 1. The van der Waals surface area contributed by atoms with E-state index in [9.17, 15) is 23.1 Å². The Morgan fingerprint density at radius 2 is 1.92 bits per heavy atom. The maximum absolute atomic E-state index is 12.6. The lowest BCUT2D eigenvalue weighted by molar-refractivity contribution is 0.0696. The first-order valence-electron chi connectivity index (χ1n) is 8.19. The van der Waals surface area contributed by atoms with Gasteiger partial charge in [0.25, 0.3) is 5.91 Å². The number of nitrogens with one attached hydrogen (secondary N) is 1. The first-order valence-corrected chi connectivity index (χ1v) is 10.1. The predicted octanol–water partition coefficient (Wildman–Crippen LogP) is 2.35. The lowest BCUT2D eigenvalue weighted by Gasteiger charge is -2.14. The van der Waals surface area contributed by atoms with Crippen molar-refractivity contribution in [1.29, 1.82) is 0 Å². The van der Waals surface area contributed by atoms with Crippen LogP contribution in [-0.2, 0) is 9.84 Å². The van der Waals surface area contributed by atoms with E-state index in [1.165, 1.54) is 12.1 Å². The molecule has 1 heterocycles. The minimum Gasteiger partial charge on any atom is -0.478 e. The summed E-state index contributed by atoms with van der Waals surface area (Å²) in [6.45, 7) is 0. The molecule has 1 aliphatic carbocycles. The van der Waals surface area contributed by atoms with Crippen molar-refractivity contribution in [2.24, 2.45) is 0 Å². The molecule has 1 amide bonds. The average molecular weight is 377 g/mol. The first-order chi connectivity index (χ1) is 12.3. The minimum atomic E-state index is -3.62. The highest BCUT2D eigenvalue weighted by Crippen LogP contribution is 2.30. The number of carboxylic acid groups (broad SMARTS) is 1. The average Bonchev–Trinajstić information content (AvgIpc) is 3.24. The van der Waals surface area contributed by atoms with Crippen molar-refractivity contribution in [3.63, 3.8) is 0 Å². The number of rotatable bonds is 5. The van der Waals surface area contributed by atoms with Gasteiger partial charge < -0.3 is 10.4 Å². The van der Waals surface area contributed by atoms with E-state index in [0.717, 1.165) is 38.0 Å². The van der Waals surface area contributed by atoms with E-state index >= 15 is 0 Å². The minimum absolute atomic E-state index is 0.106. The second kappa shape index (κ2) is 6.91. The van der Waals surface area contributed by atoms with Gasteiger partial charge in [-0.3, -0.25) is 9.48 Å². The van der Waals surface area contributed by atoms with Crippen LogP contribution >= 0.6 is 0 Å². The Labute approximate surface area is 150 Å². The Morgan fingerprint density at radius 3 is 2.54 bits per heavy atom. The maximum atomic E-state index is 12.6. The third kappa shape index (κ3) is 3.77. The van der Waals surface area contributed by atoms with E-state index in [4.69, 9.17) is 0 Å². The zero-order chi connectivity index (χ0) is 18.9. The molecule has 0 radical (unpaired) electrons. The van der Waals surface area contributed by atoms with E-state index in [1.807, 2.05) is 0 Å². The van der Waals surface area contributed by atoms with Crippen molar-refractivity contribution < 1.29 is 23.1 Å². The summed E-state index contributed by atoms with van der Waals surface area (Å²) in [6, 6.07) is 5.30. The van der Waals surface area contributed by atoms with Crippen molar-refractivity contribution >= 4 is 27.4 Å². The smallest absolute Gasteiger partial charge is 0.335 e. The number of benzene rings is 1. The molecule has 2 aromatic rings. The fourth-order valence-electron chi connectivity index (χ4n) is 3.14. The molecule has 0 unspecified atom stereocenters. The monoisotopic (exact) mass is 377 g/mol. The van der Waals surface area contributed by atoms with Gasteiger partial charge in [-0.1, -0.05) is 12.8 Å². The van der Waals surface area contributed by atoms with Crippen LogP contribution < -0.4 is 5.32 Å². The molecule has 3 rings (SSSR count). The molecule has 9 heteroatoms. The molecule has 0 spiro atoms. The van der Waals surface area contributed by atoms with Crippen LogP contribution in [0.25, 0.3) is 0 Å². The van der Waals surface area contributed by atoms with E-state index in [1.54, 1.807) is 16.9 Å². The van der Waals surface area contributed by atoms with Crippen LogP contribution in [-0.4, -0.2) is 41.4 Å². The molecule has 1 aromatic heterocycles. The van der Waals surface area contributed by atoms with Gasteiger partial charge in [0.2, 0.25) is 0 Å². The van der Waals surface area contributed by atoms with Crippen LogP contribution in [0.4, 0.5) is 5.69 Å². The van der Waals surface area contributed by atoms with Crippen LogP contribution in [0.1, 0.15) is 52.6 Å². The number of aromatic nitrogens is 2. The predicted molar refractivity (Wildman–Crippen MR) is 94.2 cm³/mol. The number of hydrogen-bond acceptors (Lipinski definition) is 5. The molecule has 1 aliphatic rings. The number of carbonyl (C=O) groups is 2. The molecule has 0 aliphatic heterocycles. The van der Waals surface area contributed by atoms with Crippen molar-refractivity contribution in [1.82, 2.24) is 9.78 Å². The van der Waals surface area contributed by atoms with Crippen molar-refractivity contribution in [2.45, 2.75) is 36.6 Å². The number of carbonyl (C=O) groups excluding carboxylic acids is 1. The summed E-state index contributed by atoms with van der Waals surface area (Å²) >= 11 is 0. The second-order valence-corrected chi connectivity index (χ2v) is 8.39. The number of nitrogens with zero attached hydrogens (tertiary/aromatic N) is 2. The molecule has 8 nitrogen and oxygen atoms in total. The van der Waals surface area contributed by atoms with E-state index in [-0.39, 0.29) is 22.2 Å². The van der Waals surface area contributed by atoms with E-state index in [0.29, 0.717) is 5.69 Å². The molecular formula is C17H19N3O5S. The first kappa shape index (κ1) is 18.1. The topological polar surface area (TPSA) is 118 Å². The van der Waals surface area contributed by atoms with Crippen LogP contribution in [0.3, 0.4) is 0 Å².